The Morgan fingerprint density at radius 2 is 2.42 bits per heavy atom. The molecule has 4 heteroatoms. The Balaban J connectivity index is 2.60. The molecule has 1 aliphatic rings. The highest BCUT2D eigenvalue weighted by Gasteiger charge is 2.32. The van der Waals surface area contributed by atoms with E-state index in [0.717, 1.165) is 0 Å². The molecule has 0 spiro atoms. The Kier molecular flexibility index (Phi) is 2.55. The number of hydrogen-bond acceptors (Lipinski definition) is 4. The van der Waals surface area contributed by atoms with Gasteiger partial charge in [0.15, 0.2) is 6.19 Å². The number of aliphatic hydroxyl groups excluding tert-OH is 1. The van der Waals surface area contributed by atoms with E-state index >= 15 is 0 Å². The average Bonchev–Trinajstić information content (AvgIpc) is 2.01. The van der Waals surface area contributed by atoms with Crippen molar-refractivity contribution in [1.82, 2.24) is 4.90 Å². The molecule has 0 saturated carbocycles. The molecule has 0 radical (unpaired) electrons. The monoisotopic (exact) mass is 170 g/mol. The second-order valence-corrected chi connectivity index (χ2v) is 3.66. The van der Waals surface area contributed by atoms with E-state index in [9.17, 15) is 0 Å². The van der Waals surface area contributed by atoms with Gasteiger partial charge in [0.25, 0.3) is 0 Å². The third-order valence-electron chi connectivity index (χ3n) is 1.83. The molecule has 0 aromatic carbocycles. The van der Waals surface area contributed by atoms with Gasteiger partial charge in [-0.15, -0.1) is 0 Å². The zero-order valence-electron chi connectivity index (χ0n) is 7.45. The first-order valence-corrected chi connectivity index (χ1v) is 4.01. The van der Waals surface area contributed by atoms with Crippen molar-refractivity contribution >= 4 is 0 Å². The minimum absolute atomic E-state index is 0.0262. The summed E-state index contributed by atoms with van der Waals surface area (Å²) in [7, 11) is 0. The first-order chi connectivity index (χ1) is 5.57. The number of ether oxygens (including phenoxy) is 1. The maximum absolute atomic E-state index is 8.88. The van der Waals surface area contributed by atoms with Crippen LogP contribution < -0.4 is 0 Å². The van der Waals surface area contributed by atoms with Gasteiger partial charge in [-0.3, -0.25) is 0 Å². The van der Waals surface area contributed by atoms with Gasteiger partial charge < -0.3 is 14.7 Å². The molecule has 1 N–H and O–H groups in total. The van der Waals surface area contributed by atoms with E-state index in [-0.39, 0.29) is 18.3 Å². The molecule has 0 aliphatic carbocycles. The quantitative estimate of drug-likeness (QED) is 0.560. The van der Waals surface area contributed by atoms with Crippen molar-refractivity contribution in [2.45, 2.75) is 25.6 Å². The second-order valence-electron chi connectivity index (χ2n) is 3.66. The van der Waals surface area contributed by atoms with Gasteiger partial charge in [0.05, 0.1) is 31.4 Å². The normalized spacial score (nSPS) is 28.2. The van der Waals surface area contributed by atoms with Crippen LogP contribution in [0.4, 0.5) is 0 Å². The fourth-order valence-corrected chi connectivity index (χ4v) is 1.47. The molecule has 1 unspecified atom stereocenters. The minimum atomic E-state index is -0.332. The van der Waals surface area contributed by atoms with E-state index < -0.39 is 0 Å². The molecule has 0 aromatic heterocycles. The highest BCUT2D eigenvalue weighted by atomic mass is 16.5. The number of hydrogen-bond donors (Lipinski definition) is 1. The van der Waals surface area contributed by atoms with Gasteiger partial charge in [-0.05, 0) is 13.8 Å². The number of nitriles is 1. The van der Waals surface area contributed by atoms with Crippen LogP contribution >= 0.6 is 0 Å². The smallest absolute Gasteiger partial charge is 0.179 e. The molecule has 0 bridgehead atoms. The van der Waals surface area contributed by atoms with E-state index in [0.29, 0.717) is 13.1 Å². The van der Waals surface area contributed by atoms with Crippen molar-refractivity contribution in [3.63, 3.8) is 0 Å². The summed E-state index contributed by atoms with van der Waals surface area (Å²) in [4.78, 5) is 1.62. The summed E-state index contributed by atoms with van der Waals surface area (Å²) in [6, 6.07) is 0. The van der Waals surface area contributed by atoms with Crippen LogP contribution in [0.1, 0.15) is 13.8 Å². The predicted molar refractivity (Wildman–Crippen MR) is 43.2 cm³/mol. The molecular weight excluding hydrogens is 156 g/mol. The van der Waals surface area contributed by atoms with Crippen LogP contribution in [0.15, 0.2) is 0 Å². The Bertz CT molecular complexity index is 198. The van der Waals surface area contributed by atoms with Crippen LogP contribution in [0.2, 0.25) is 0 Å². The van der Waals surface area contributed by atoms with Crippen molar-refractivity contribution in [3.05, 3.63) is 0 Å². The van der Waals surface area contributed by atoms with Gasteiger partial charge in [-0.1, -0.05) is 0 Å². The number of nitrogens with zero attached hydrogens (tertiary/aromatic N) is 2. The zero-order valence-corrected chi connectivity index (χ0v) is 7.45. The lowest BCUT2D eigenvalue weighted by Gasteiger charge is -2.39. The largest absolute Gasteiger partial charge is 0.394 e. The van der Waals surface area contributed by atoms with Crippen molar-refractivity contribution < 1.29 is 9.84 Å². The van der Waals surface area contributed by atoms with E-state index in [1.165, 1.54) is 0 Å². The molecule has 1 atom stereocenters. The van der Waals surface area contributed by atoms with Crippen LogP contribution in [-0.4, -0.2) is 41.4 Å². The van der Waals surface area contributed by atoms with E-state index in [1.54, 1.807) is 4.90 Å². The van der Waals surface area contributed by atoms with Crippen LogP contribution in [0.3, 0.4) is 0 Å². The van der Waals surface area contributed by atoms with Gasteiger partial charge in [0.1, 0.15) is 0 Å². The fraction of sp³-hybridized carbons (Fsp3) is 0.875. The van der Waals surface area contributed by atoms with Gasteiger partial charge in [-0.25, -0.2) is 0 Å². The Labute approximate surface area is 72.3 Å². The molecular formula is C8H14N2O2. The molecule has 1 aliphatic heterocycles. The predicted octanol–water partition coefficient (Wildman–Crippen LogP) is -0.0608. The SMILES string of the molecule is CC1(C)CN(C#N)CC(CO)O1. The number of aliphatic hydroxyl groups is 1. The van der Waals surface area contributed by atoms with Gasteiger partial charge in [0, 0.05) is 0 Å². The Morgan fingerprint density at radius 1 is 1.75 bits per heavy atom. The van der Waals surface area contributed by atoms with Gasteiger partial charge in [-0.2, -0.15) is 5.26 Å². The topological polar surface area (TPSA) is 56.5 Å². The molecule has 1 fully saturated rings. The molecule has 68 valence electrons. The molecule has 1 heterocycles. The van der Waals surface area contributed by atoms with E-state index in [2.05, 4.69) is 6.19 Å². The van der Waals surface area contributed by atoms with Crippen LogP contribution in [0, 0.1) is 11.5 Å². The van der Waals surface area contributed by atoms with Crippen molar-refractivity contribution in [1.29, 1.82) is 5.26 Å². The third-order valence-corrected chi connectivity index (χ3v) is 1.83. The summed E-state index contributed by atoms with van der Waals surface area (Å²) in [5, 5.41) is 17.6. The summed E-state index contributed by atoms with van der Waals surface area (Å²) >= 11 is 0. The minimum Gasteiger partial charge on any atom is -0.394 e. The van der Waals surface area contributed by atoms with Crippen LogP contribution in [0.25, 0.3) is 0 Å². The Hall–Kier alpha value is -0.790. The van der Waals surface area contributed by atoms with Crippen LogP contribution in [-0.2, 0) is 4.74 Å². The summed E-state index contributed by atoms with van der Waals surface area (Å²) < 4.78 is 5.51. The molecule has 1 rings (SSSR count). The van der Waals surface area contributed by atoms with E-state index in [4.69, 9.17) is 15.1 Å². The Morgan fingerprint density at radius 3 is 2.92 bits per heavy atom. The first kappa shape index (κ1) is 9.30. The first-order valence-electron chi connectivity index (χ1n) is 4.01. The van der Waals surface area contributed by atoms with Crippen molar-refractivity contribution in [2.75, 3.05) is 19.7 Å². The lowest BCUT2D eigenvalue weighted by atomic mass is 10.1. The molecule has 0 aromatic rings. The zero-order chi connectivity index (χ0) is 9.19. The summed E-state index contributed by atoms with van der Waals surface area (Å²) in [6.45, 7) is 4.90. The van der Waals surface area contributed by atoms with Crippen molar-refractivity contribution in [2.24, 2.45) is 0 Å². The average molecular weight is 170 g/mol. The number of morpholine rings is 1. The third kappa shape index (κ3) is 2.10. The fourth-order valence-electron chi connectivity index (χ4n) is 1.47. The second kappa shape index (κ2) is 3.30. The number of rotatable bonds is 1. The maximum atomic E-state index is 8.88. The van der Waals surface area contributed by atoms with Crippen LogP contribution in [0.5, 0.6) is 0 Å². The summed E-state index contributed by atoms with van der Waals surface area (Å²) in [5.74, 6) is 0. The highest BCUT2D eigenvalue weighted by molar-refractivity contribution is 4.89. The highest BCUT2D eigenvalue weighted by Crippen LogP contribution is 2.19. The summed E-state index contributed by atoms with van der Waals surface area (Å²) in [5.41, 5.74) is -0.332. The van der Waals surface area contributed by atoms with Crippen molar-refractivity contribution in [3.8, 4) is 6.19 Å². The molecule has 1 saturated heterocycles. The molecule has 4 nitrogen and oxygen atoms in total. The van der Waals surface area contributed by atoms with Gasteiger partial charge >= 0.3 is 0 Å². The molecule has 0 amide bonds. The maximum Gasteiger partial charge on any atom is 0.179 e. The standard InChI is InChI=1S/C8H14N2O2/c1-8(2)5-10(6-9)3-7(4-11)12-8/h7,11H,3-5H2,1-2H3. The van der Waals surface area contributed by atoms with Gasteiger partial charge in [0.2, 0.25) is 0 Å². The molecule has 12 heavy (non-hydrogen) atoms. The summed E-state index contributed by atoms with van der Waals surface area (Å²) in [6.07, 6.45) is 1.84. The lowest BCUT2D eigenvalue weighted by Crippen LogP contribution is -2.52. The lowest BCUT2D eigenvalue weighted by molar-refractivity contribution is -0.137. The van der Waals surface area contributed by atoms with E-state index in [1.807, 2.05) is 13.8 Å².